The SMILES string of the molecule is CCOC(=O)CSCC(NC(=O)OCC1c2ccccc2-c2ccccc21)C(=O)O. The quantitative estimate of drug-likeness (QED) is 0.590. The van der Waals surface area contributed by atoms with Crippen LogP contribution in [0, 0.1) is 0 Å². The number of carboxylic acid groups (broad SMARTS) is 1. The Morgan fingerprint density at radius 3 is 2.20 bits per heavy atom. The molecule has 2 N–H and O–H groups in total. The average molecular weight is 429 g/mol. The Balaban J connectivity index is 1.57. The number of fused-ring (bicyclic) bond motifs is 3. The molecule has 8 heteroatoms. The Morgan fingerprint density at radius 2 is 1.63 bits per heavy atom. The number of rotatable bonds is 9. The molecule has 0 fully saturated rings. The van der Waals surface area contributed by atoms with Crippen LogP contribution in [0.1, 0.15) is 24.0 Å². The summed E-state index contributed by atoms with van der Waals surface area (Å²) in [5, 5.41) is 11.7. The largest absolute Gasteiger partial charge is 0.480 e. The number of alkyl carbamates (subject to hydrolysis) is 1. The topological polar surface area (TPSA) is 102 Å². The summed E-state index contributed by atoms with van der Waals surface area (Å²) in [5.74, 6) is -1.68. The molecule has 1 atom stereocenters. The highest BCUT2D eigenvalue weighted by molar-refractivity contribution is 8.00. The summed E-state index contributed by atoms with van der Waals surface area (Å²) < 4.78 is 10.2. The average Bonchev–Trinajstić information content (AvgIpc) is 3.05. The number of thioether (sulfide) groups is 1. The van der Waals surface area contributed by atoms with Gasteiger partial charge in [-0.15, -0.1) is 11.8 Å². The molecule has 0 saturated heterocycles. The van der Waals surface area contributed by atoms with Crippen LogP contribution in [0.25, 0.3) is 11.1 Å². The van der Waals surface area contributed by atoms with Crippen LogP contribution in [0.2, 0.25) is 0 Å². The summed E-state index contributed by atoms with van der Waals surface area (Å²) >= 11 is 1.08. The number of carbonyl (C=O) groups is 3. The number of carboxylic acids is 1. The second-order valence-electron chi connectivity index (χ2n) is 6.68. The van der Waals surface area contributed by atoms with E-state index in [1.54, 1.807) is 6.92 Å². The molecule has 2 aromatic rings. The van der Waals surface area contributed by atoms with Crippen LogP contribution >= 0.6 is 11.8 Å². The van der Waals surface area contributed by atoms with E-state index in [-0.39, 0.29) is 30.6 Å². The van der Waals surface area contributed by atoms with E-state index < -0.39 is 24.1 Å². The molecule has 158 valence electrons. The molecule has 0 bridgehead atoms. The first-order valence-electron chi connectivity index (χ1n) is 9.59. The summed E-state index contributed by atoms with van der Waals surface area (Å²) in [6.45, 7) is 2.06. The molecule has 0 aromatic heterocycles. The van der Waals surface area contributed by atoms with Crippen LogP contribution in [0.3, 0.4) is 0 Å². The monoisotopic (exact) mass is 429 g/mol. The lowest BCUT2D eigenvalue weighted by atomic mass is 9.98. The highest BCUT2D eigenvalue weighted by atomic mass is 32.2. The fourth-order valence-electron chi connectivity index (χ4n) is 3.42. The van der Waals surface area contributed by atoms with Crippen molar-refractivity contribution in [2.45, 2.75) is 18.9 Å². The number of hydrogen-bond donors (Lipinski definition) is 2. The Bertz CT molecular complexity index is 886. The van der Waals surface area contributed by atoms with Crippen LogP contribution in [0.15, 0.2) is 48.5 Å². The number of aliphatic carboxylic acids is 1. The Kier molecular flexibility index (Phi) is 7.35. The molecule has 0 saturated carbocycles. The van der Waals surface area contributed by atoms with Crippen molar-refractivity contribution in [2.24, 2.45) is 0 Å². The molecule has 1 amide bonds. The van der Waals surface area contributed by atoms with Crippen LogP contribution in [-0.4, -0.2) is 53.9 Å². The number of amides is 1. The minimum atomic E-state index is -1.19. The molecule has 1 aliphatic carbocycles. The number of esters is 1. The van der Waals surface area contributed by atoms with E-state index >= 15 is 0 Å². The molecule has 2 aromatic carbocycles. The van der Waals surface area contributed by atoms with Crippen LogP contribution in [-0.2, 0) is 19.1 Å². The van der Waals surface area contributed by atoms with Crippen molar-refractivity contribution >= 4 is 29.8 Å². The first-order chi connectivity index (χ1) is 14.5. The lowest BCUT2D eigenvalue weighted by molar-refractivity contribution is -0.140. The summed E-state index contributed by atoms with van der Waals surface area (Å²) in [6, 6.07) is 14.7. The zero-order valence-corrected chi connectivity index (χ0v) is 17.3. The van der Waals surface area contributed by atoms with Crippen molar-refractivity contribution in [1.29, 1.82) is 0 Å². The third-order valence-electron chi connectivity index (χ3n) is 4.74. The summed E-state index contributed by atoms with van der Waals surface area (Å²) in [5.41, 5.74) is 4.37. The Labute approximate surface area is 178 Å². The molecule has 0 radical (unpaired) electrons. The fourth-order valence-corrected chi connectivity index (χ4v) is 4.25. The van der Waals surface area contributed by atoms with E-state index in [0.717, 1.165) is 34.0 Å². The third-order valence-corrected chi connectivity index (χ3v) is 5.75. The number of hydrogen-bond acceptors (Lipinski definition) is 6. The van der Waals surface area contributed by atoms with Gasteiger partial charge in [-0.25, -0.2) is 9.59 Å². The van der Waals surface area contributed by atoms with Crippen molar-refractivity contribution < 1.29 is 29.0 Å². The van der Waals surface area contributed by atoms with Gasteiger partial charge in [0, 0.05) is 11.7 Å². The van der Waals surface area contributed by atoms with Gasteiger partial charge in [0.2, 0.25) is 0 Å². The third kappa shape index (κ3) is 5.13. The van der Waals surface area contributed by atoms with Crippen molar-refractivity contribution in [1.82, 2.24) is 5.32 Å². The van der Waals surface area contributed by atoms with E-state index in [2.05, 4.69) is 5.32 Å². The Morgan fingerprint density at radius 1 is 1.03 bits per heavy atom. The van der Waals surface area contributed by atoms with E-state index in [9.17, 15) is 19.5 Å². The van der Waals surface area contributed by atoms with Gasteiger partial charge in [0.15, 0.2) is 0 Å². The van der Waals surface area contributed by atoms with Crippen LogP contribution < -0.4 is 5.32 Å². The van der Waals surface area contributed by atoms with Crippen LogP contribution in [0.5, 0.6) is 0 Å². The molecular weight excluding hydrogens is 406 g/mol. The van der Waals surface area contributed by atoms with Crippen molar-refractivity contribution in [2.75, 3.05) is 24.7 Å². The summed E-state index contributed by atoms with van der Waals surface area (Å²) in [6.07, 6.45) is -0.805. The predicted octanol–water partition coefficient (Wildman–Crippen LogP) is 3.27. The zero-order valence-electron chi connectivity index (χ0n) is 16.5. The molecule has 1 aliphatic rings. The first-order valence-corrected chi connectivity index (χ1v) is 10.7. The first kappa shape index (κ1) is 21.7. The van der Waals surface area contributed by atoms with Gasteiger partial charge in [-0.2, -0.15) is 0 Å². The molecule has 0 heterocycles. The van der Waals surface area contributed by atoms with Gasteiger partial charge in [0.05, 0.1) is 12.4 Å². The number of ether oxygens (including phenoxy) is 2. The standard InChI is InChI=1S/C22H23NO6S/c1-2-28-20(24)13-30-12-19(21(25)26)23-22(27)29-11-18-16-9-5-3-7-14(16)15-8-4-6-10-17(15)18/h3-10,18-19H,2,11-13H2,1H3,(H,23,27)(H,25,26). The predicted molar refractivity (Wildman–Crippen MR) is 114 cm³/mol. The summed E-state index contributed by atoms with van der Waals surface area (Å²) in [7, 11) is 0. The minimum absolute atomic E-state index is 0.0178. The maximum Gasteiger partial charge on any atom is 0.407 e. The lowest BCUT2D eigenvalue weighted by Crippen LogP contribution is -2.43. The molecule has 3 rings (SSSR count). The molecule has 1 unspecified atom stereocenters. The maximum absolute atomic E-state index is 12.2. The van der Waals surface area contributed by atoms with Crippen molar-refractivity contribution in [3.63, 3.8) is 0 Å². The number of carbonyl (C=O) groups excluding carboxylic acids is 2. The van der Waals surface area contributed by atoms with E-state index in [0.29, 0.717) is 0 Å². The highest BCUT2D eigenvalue weighted by Crippen LogP contribution is 2.44. The maximum atomic E-state index is 12.2. The molecule has 30 heavy (non-hydrogen) atoms. The van der Waals surface area contributed by atoms with Crippen molar-refractivity contribution in [3.8, 4) is 11.1 Å². The van der Waals surface area contributed by atoms with Gasteiger partial charge in [-0.1, -0.05) is 48.5 Å². The number of nitrogens with one attached hydrogen (secondary N) is 1. The van der Waals surface area contributed by atoms with Crippen LogP contribution in [0.4, 0.5) is 4.79 Å². The Hall–Kier alpha value is -3.00. The highest BCUT2D eigenvalue weighted by Gasteiger charge is 2.29. The summed E-state index contributed by atoms with van der Waals surface area (Å²) in [4.78, 5) is 35.0. The fraction of sp³-hybridized carbons (Fsp3) is 0.318. The van der Waals surface area contributed by atoms with E-state index in [4.69, 9.17) is 9.47 Å². The molecule has 0 aliphatic heterocycles. The zero-order chi connectivity index (χ0) is 21.5. The normalized spacial score (nSPS) is 13.1. The second-order valence-corrected chi connectivity index (χ2v) is 7.71. The van der Waals surface area contributed by atoms with Gasteiger partial charge in [0.1, 0.15) is 12.6 Å². The van der Waals surface area contributed by atoms with E-state index in [1.165, 1.54) is 0 Å². The molecule has 7 nitrogen and oxygen atoms in total. The number of benzene rings is 2. The van der Waals surface area contributed by atoms with Gasteiger partial charge in [-0.05, 0) is 29.2 Å². The molecule has 0 spiro atoms. The molecular formula is C22H23NO6S. The van der Waals surface area contributed by atoms with Gasteiger partial charge < -0.3 is 19.9 Å². The van der Waals surface area contributed by atoms with E-state index in [1.807, 2.05) is 48.5 Å². The van der Waals surface area contributed by atoms with Gasteiger partial charge in [-0.3, -0.25) is 4.79 Å². The van der Waals surface area contributed by atoms with Crippen molar-refractivity contribution in [3.05, 3.63) is 59.7 Å². The lowest BCUT2D eigenvalue weighted by Gasteiger charge is -2.17. The smallest absolute Gasteiger partial charge is 0.407 e. The second kappa shape index (κ2) is 10.2. The minimum Gasteiger partial charge on any atom is -0.480 e. The van der Waals surface area contributed by atoms with Gasteiger partial charge in [0.25, 0.3) is 0 Å². The van der Waals surface area contributed by atoms with Gasteiger partial charge >= 0.3 is 18.0 Å².